The number of hydrogen-bond acceptors (Lipinski definition) is 3. The molecule has 2 rings (SSSR count). The van der Waals surface area contributed by atoms with Crippen molar-refractivity contribution in [3.63, 3.8) is 0 Å². The second-order valence-corrected chi connectivity index (χ2v) is 9.25. The van der Waals surface area contributed by atoms with E-state index in [0.29, 0.717) is 5.15 Å². The predicted molar refractivity (Wildman–Crippen MR) is 59.1 cm³/mol. The number of halogens is 1. The first-order valence-corrected chi connectivity index (χ1v) is 8.17. The third kappa shape index (κ3) is 1.42. The maximum absolute atomic E-state index is 5.93. The fourth-order valence-corrected chi connectivity index (χ4v) is 2.70. The predicted octanol–water partition coefficient (Wildman–Crippen LogP) is 2.16. The van der Waals surface area contributed by atoms with Crippen LogP contribution in [0.5, 0.6) is 0 Å². The molecule has 0 saturated carbocycles. The number of hydrogen-bond donors (Lipinski definition) is 0. The topological polar surface area (TPSA) is 43.6 Å². The highest BCUT2D eigenvalue weighted by molar-refractivity contribution is 6.75. The van der Waals surface area contributed by atoms with Gasteiger partial charge in [-0.3, -0.25) is 4.35 Å². The minimum atomic E-state index is -1.51. The molecular formula is C8H11ClN4Si. The monoisotopic (exact) mass is 226 g/mol. The molecule has 0 aliphatic rings. The molecule has 2 aromatic heterocycles. The Morgan fingerprint density at radius 3 is 2.64 bits per heavy atom. The lowest BCUT2D eigenvalue weighted by atomic mass is 10.4. The van der Waals surface area contributed by atoms with E-state index in [1.54, 1.807) is 6.20 Å². The molecule has 4 nitrogen and oxygen atoms in total. The maximum Gasteiger partial charge on any atom is 0.178 e. The second kappa shape index (κ2) is 3.03. The molecule has 74 valence electrons. The van der Waals surface area contributed by atoms with Gasteiger partial charge >= 0.3 is 0 Å². The quantitative estimate of drug-likeness (QED) is 0.553. The Morgan fingerprint density at radius 2 is 2.00 bits per heavy atom. The Morgan fingerprint density at radius 1 is 1.29 bits per heavy atom. The van der Waals surface area contributed by atoms with E-state index in [9.17, 15) is 0 Å². The van der Waals surface area contributed by atoms with Crippen molar-refractivity contribution in [1.82, 2.24) is 19.4 Å². The fourth-order valence-electron chi connectivity index (χ4n) is 1.31. The highest BCUT2D eigenvalue weighted by Crippen LogP contribution is 2.20. The molecule has 0 fully saturated rings. The minimum absolute atomic E-state index is 0.472. The molecule has 0 saturated heterocycles. The van der Waals surface area contributed by atoms with Gasteiger partial charge in [0.1, 0.15) is 11.5 Å². The van der Waals surface area contributed by atoms with Gasteiger partial charge in [-0.1, -0.05) is 11.6 Å². The molecular weight excluding hydrogens is 216 g/mol. The van der Waals surface area contributed by atoms with Gasteiger partial charge in [0.15, 0.2) is 13.9 Å². The summed E-state index contributed by atoms with van der Waals surface area (Å²) < 4.78 is 1.98. The van der Waals surface area contributed by atoms with E-state index in [1.807, 2.05) is 4.35 Å². The van der Waals surface area contributed by atoms with Gasteiger partial charge in [-0.05, 0) is 19.6 Å². The molecule has 0 amide bonds. The van der Waals surface area contributed by atoms with Crippen molar-refractivity contribution in [1.29, 1.82) is 0 Å². The molecule has 0 bridgehead atoms. The van der Waals surface area contributed by atoms with Gasteiger partial charge in [-0.25, -0.2) is 9.97 Å². The van der Waals surface area contributed by atoms with Gasteiger partial charge in [0.25, 0.3) is 0 Å². The van der Waals surface area contributed by atoms with Crippen LogP contribution in [0.1, 0.15) is 0 Å². The Labute approximate surface area is 88.0 Å². The summed E-state index contributed by atoms with van der Waals surface area (Å²) in [6.07, 6.45) is 3.21. The van der Waals surface area contributed by atoms with Crippen molar-refractivity contribution in [2.75, 3.05) is 0 Å². The van der Waals surface area contributed by atoms with E-state index < -0.39 is 8.24 Å². The Bertz CT molecular complexity index is 474. The normalized spacial score (nSPS) is 12.3. The largest absolute Gasteiger partial charge is 0.279 e. The molecule has 0 spiro atoms. The van der Waals surface area contributed by atoms with Crippen molar-refractivity contribution < 1.29 is 0 Å². The molecule has 14 heavy (non-hydrogen) atoms. The first kappa shape index (κ1) is 9.61. The van der Waals surface area contributed by atoms with Crippen molar-refractivity contribution in [3.05, 3.63) is 17.7 Å². The molecule has 0 unspecified atom stereocenters. The number of rotatable bonds is 1. The second-order valence-electron chi connectivity index (χ2n) is 4.13. The lowest BCUT2D eigenvalue weighted by molar-refractivity contribution is 0.946. The zero-order valence-corrected chi connectivity index (χ0v) is 10.1. The molecule has 0 aromatic carbocycles. The molecule has 0 atom stereocenters. The van der Waals surface area contributed by atoms with Crippen LogP contribution in [0, 0.1) is 0 Å². The van der Waals surface area contributed by atoms with Crippen LogP contribution in [0.4, 0.5) is 0 Å². The first-order chi connectivity index (χ1) is 6.50. The summed E-state index contributed by atoms with van der Waals surface area (Å²) >= 11 is 5.93. The van der Waals surface area contributed by atoms with Crippen LogP contribution in [0.3, 0.4) is 0 Å². The number of nitrogens with zero attached hydrogens (tertiary/aromatic N) is 4. The summed E-state index contributed by atoms with van der Waals surface area (Å²) in [5.41, 5.74) is 0.837. The molecule has 0 N–H and O–H groups in total. The third-order valence-electron chi connectivity index (χ3n) is 1.95. The molecule has 2 aromatic rings. The van der Waals surface area contributed by atoms with Crippen LogP contribution >= 0.6 is 11.6 Å². The molecule has 6 heteroatoms. The first-order valence-electron chi connectivity index (χ1n) is 4.35. The van der Waals surface area contributed by atoms with Crippen LogP contribution in [-0.4, -0.2) is 27.6 Å². The summed E-state index contributed by atoms with van der Waals surface area (Å²) in [5.74, 6) is 0. The van der Waals surface area contributed by atoms with E-state index >= 15 is 0 Å². The maximum atomic E-state index is 5.93. The van der Waals surface area contributed by atoms with Gasteiger partial charge in [0.2, 0.25) is 0 Å². The lowest BCUT2D eigenvalue weighted by Gasteiger charge is -2.16. The van der Waals surface area contributed by atoms with E-state index in [1.165, 1.54) is 6.33 Å². The Balaban J connectivity index is 2.76. The van der Waals surface area contributed by atoms with Crippen molar-refractivity contribution in [3.8, 4) is 0 Å². The van der Waals surface area contributed by atoms with Crippen molar-refractivity contribution in [2.24, 2.45) is 0 Å². The fraction of sp³-hybridized carbons (Fsp3) is 0.375. The van der Waals surface area contributed by atoms with Crippen LogP contribution in [0.2, 0.25) is 24.8 Å². The average Bonchev–Trinajstić information content (AvgIpc) is 2.47. The van der Waals surface area contributed by atoms with Crippen LogP contribution in [0.25, 0.3) is 11.0 Å². The number of fused-ring (bicyclic) bond motifs is 1. The van der Waals surface area contributed by atoms with Crippen LogP contribution in [-0.2, 0) is 0 Å². The van der Waals surface area contributed by atoms with Gasteiger partial charge in [-0.15, -0.1) is 0 Å². The van der Waals surface area contributed by atoms with Gasteiger partial charge in [-0.2, -0.15) is 5.10 Å². The molecule has 0 radical (unpaired) electrons. The lowest BCUT2D eigenvalue weighted by Crippen LogP contribution is -2.33. The SMILES string of the molecule is C[Si](C)(C)n1ncc2c(Cl)ncnc21. The molecule has 0 aliphatic heterocycles. The highest BCUT2D eigenvalue weighted by Gasteiger charge is 2.21. The van der Waals surface area contributed by atoms with Gasteiger partial charge in [0, 0.05) is 0 Å². The summed E-state index contributed by atoms with van der Waals surface area (Å²) in [6, 6.07) is 0. The van der Waals surface area contributed by atoms with E-state index in [0.717, 1.165) is 11.0 Å². The summed E-state index contributed by atoms with van der Waals surface area (Å²) in [4.78, 5) is 8.13. The highest BCUT2D eigenvalue weighted by atomic mass is 35.5. The molecule has 2 heterocycles. The van der Waals surface area contributed by atoms with E-state index in [4.69, 9.17) is 11.6 Å². The third-order valence-corrected chi connectivity index (χ3v) is 3.85. The molecule has 0 aliphatic carbocycles. The van der Waals surface area contributed by atoms with E-state index in [-0.39, 0.29) is 0 Å². The van der Waals surface area contributed by atoms with Crippen molar-refractivity contribution >= 4 is 30.9 Å². The van der Waals surface area contributed by atoms with Crippen LogP contribution in [0.15, 0.2) is 12.5 Å². The smallest absolute Gasteiger partial charge is 0.178 e. The summed E-state index contributed by atoms with van der Waals surface area (Å²) in [5, 5.41) is 5.62. The summed E-state index contributed by atoms with van der Waals surface area (Å²) in [7, 11) is -1.51. The minimum Gasteiger partial charge on any atom is -0.279 e. The Kier molecular flexibility index (Phi) is 2.08. The standard InChI is InChI=1S/C8H11ClN4Si/c1-14(2,3)13-8-6(4-12-13)7(9)10-5-11-8/h4-5H,1-3H3. The van der Waals surface area contributed by atoms with Gasteiger partial charge in [0.05, 0.1) is 11.6 Å². The van der Waals surface area contributed by atoms with Crippen LogP contribution < -0.4 is 0 Å². The Hall–Kier alpha value is -0.943. The average molecular weight is 227 g/mol. The number of aromatic nitrogens is 4. The zero-order chi connectivity index (χ0) is 10.3. The van der Waals surface area contributed by atoms with Gasteiger partial charge < -0.3 is 0 Å². The zero-order valence-electron chi connectivity index (χ0n) is 8.32. The van der Waals surface area contributed by atoms with E-state index in [2.05, 4.69) is 34.7 Å². The summed E-state index contributed by atoms with van der Waals surface area (Å²) in [6.45, 7) is 6.61. The van der Waals surface area contributed by atoms with Crippen molar-refractivity contribution in [2.45, 2.75) is 19.6 Å².